The minimum Gasteiger partial charge on any atom is -0.456 e. The first kappa shape index (κ1) is 10.1. The Labute approximate surface area is 98.5 Å². The maximum Gasteiger partial charge on any atom is 0.138 e. The SMILES string of the molecule is Cc1c(-c2ccccc2)oc2ccc(F)cc12. The van der Waals surface area contributed by atoms with Crippen molar-refractivity contribution in [2.45, 2.75) is 6.92 Å². The Morgan fingerprint density at radius 1 is 1.00 bits per heavy atom. The Morgan fingerprint density at radius 3 is 2.53 bits per heavy atom. The molecular formula is C15H11FO. The average molecular weight is 226 g/mol. The Bertz CT molecular complexity index is 668. The van der Waals surface area contributed by atoms with Crippen molar-refractivity contribution in [1.82, 2.24) is 0 Å². The topological polar surface area (TPSA) is 13.1 Å². The second-order valence-electron chi connectivity index (χ2n) is 4.06. The zero-order valence-electron chi connectivity index (χ0n) is 9.41. The Morgan fingerprint density at radius 2 is 1.76 bits per heavy atom. The van der Waals surface area contributed by atoms with Crippen molar-refractivity contribution < 1.29 is 8.81 Å². The third-order valence-corrected chi connectivity index (χ3v) is 2.93. The molecule has 3 rings (SSSR count). The van der Waals surface area contributed by atoms with Crippen molar-refractivity contribution in [3.05, 3.63) is 59.9 Å². The highest BCUT2D eigenvalue weighted by Gasteiger charge is 2.12. The van der Waals surface area contributed by atoms with Gasteiger partial charge in [-0.3, -0.25) is 0 Å². The molecule has 2 heteroatoms. The fraction of sp³-hybridized carbons (Fsp3) is 0.0667. The largest absolute Gasteiger partial charge is 0.456 e. The quantitative estimate of drug-likeness (QED) is 0.593. The van der Waals surface area contributed by atoms with E-state index in [9.17, 15) is 4.39 Å². The van der Waals surface area contributed by atoms with Crippen molar-refractivity contribution in [2.75, 3.05) is 0 Å². The van der Waals surface area contributed by atoms with Crippen LogP contribution >= 0.6 is 0 Å². The predicted molar refractivity (Wildman–Crippen MR) is 66.3 cm³/mol. The van der Waals surface area contributed by atoms with Crippen molar-refractivity contribution in [3.63, 3.8) is 0 Å². The number of halogens is 1. The molecule has 0 amide bonds. The monoisotopic (exact) mass is 226 g/mol. The van der Waals surface area contributed by atoms with E-state index in [4.69, 9.17) is 4.42 Å². The van der Waals surface area contributed by atoms with E-state index < -0.39 is 0 Å². The first-order chi connectivity index (χ1) is 8.25. The van der Waals surface area contributed by atoms with Gasteiger partial charge in [0.2, 0.25) is 0 Å². The van der Waals surface area contributed by atoms with Gasteiger partial charge in [-0.15, -0.1) is 0 Å². The molecule has 0 bridgehead atoms. The van der Waals surface area contributed by atoms with Crippen LogP contribution in [0.4, 0.5) is 4.39 Å². The summed E-state index contributed by atoms with van der Waals surface area (Å²) in [6.07, 6.45) is 0. The molecule has 1 aromatic heterocycles. The highest BCUT2D eigenvalue weighted by molar-refractivity contribution is 5.87. The molecule has 0 spiro atoms. The van der Waals surface area contributed by atoms with Crippen LogP contribution in [0.3, 0.4) is 0 Å². The van der Waals surface area contributed by atoms with Gasteiger partial charge < -0.3 is 4.42 Å². The average Bonchev–Trinajstić information content (AvgIpc) is 2.68. The molecule has 0 N–H and O–H groups in total. The zero-order chi connectivity index (χ0) is 11.8. The van der Waals surface area contributed by atoms with Crippen LogP contribution < -0.4 is 0 Å². The second-order valence-corrected chi connectivity index (χ2v) is 4.06. The van der Waals surface area contributed by atoms with E-state index in [1.165, 1.54) is 12.1 Å². The summed E-state index contributed by atoms with van der Waals surface area (Å²) in [5.74, 6) is 0.576. The highest BCUT2D eigenvalue weighted by Crippen LogP contribution is 2.32. The lowest BCUT2D eigenvalue weighted by Crippen LogP contribution is -1.77. The van der Waals surface area contributed by atoms with Gasteiger partial charge in [0.25, 0.3) is 0 Å². The van der Waals surface area contributed by atoms with Crippen LogP contribution in [0.1, 0.15) is 5.56 Å². The molecule has 3 aromatic rings. The lowest BCUT2D eigenvalue weighted by atomic mass is 10.1. The van der Waals surface area contributed by atoms with E-state index >= 15 is 0 Å². The molecular weight excluding hydrogens is 215 g/mol. The minimum absolute atomic E-state index is 0.235. The number of benzene rings is 2. The van der Waals surface area contributed by atoms with E-state index in [1.54, 1.807) is 6.07 Å². The van der Waals surface area contributed by atoms with Crippen LogP contribution in [-0.2, 0) is 0 Å². The number of furan rings is 1. The smallest absolute Gasteiger partial charge is 0.138 e. The first-order valence-corrected chi connectivity index (χ1v) is 5.50. The molecule has 0 fully saturated rings. The number of hydrogen-bond donors (Lipinski definition) is 0. The molecule has 1 nitrogen and oxygen atoms in total. The molecule has 0 radical (unpaired) electrons. The van der Waals surface area contributed by atoms with Crippen LogP contribution in [0.5, 0.6) is 0 Å². The Balaban J connectivity index is 2.28. The van der Waals surface area contributed by atoms with Crippen LogP contribution in [0, 0.1) is 12.7 Å². The van der Waals surface area contributed by atoms with Crippen molar-refractivity contribution in [3.8, 4) is 11.3 Å². The second kappa shape index (κ2) is 3.74. The molecule has 0 saturated heterocycles. The first-order valence-electron chi connectivity index (χ1n) is 5.50. The maximum atomic E-state index is 13.2. The summed E-state index contributed by atoms with van der Waals surface area (Å²) in [6.45, 7) is 1.95. The zero-order valence-corrected chi connectivity index (χ0v) is 9.41. The normalized spacial score (nSPS) is 10.9. The van der Waals surface area contributed by atoms with E-state index in [1.807, 2.05) is 37.3 Å². The summed E-state index contributed by atoms with van der Waals surface area (Å²) in [7, 11) is 0. The van der Waals surface area contributed by atoms with Crippen LogP contribution in [0.15, 0.2) is 52.9 Å². The van der Waals surface area contributed by atoms with Crippen molar-refractivity contribution in [2.24, 2.45) is 0 Å². The van der Waals surface area contributed by atoms with E-state index in [2.05, 4.69) is 0 Å². The molecule has 0 saturated carbocycles. The van der Waals surface area contributed by atoms with Crippen LogP contribution in [0.2, 0.25) is 0 Å². The molecule has 84 valence electrons. The molecule has 0 aliphatic carbocycles. The molecule has 0 aliphatic rings. The highest BCUT2D eigenvalue weighted by atomic mass is 19.1. The molecule has 2 aromatic carbocycles. The fourth-order valence-electron chi connectivity index (χ4n) is 2.06. The van der Waals surface area contributed by atoms with Gasteiger partial charge in [-0.1, -0.05) is 30.3 Å². The van der Waals surface area contributed by atoms with Crippen LogP contribution in [0.25, 0.3) is 22.3 Å². The predicted octanol–water partition coefficient (Wildman–Crippen LogP) is 4.55. The number of fused-ring (bicyclic) bond motifs is 1. The molecule has 1 heterocycles. The van der Waals surface area contributed by atoms with Crippen molar-refractivity contribution >= 4 is 11.0 Å². The lowest BCUT2D eigenvalue weighted by molar-refractivity contribution is 0.618. The maximum absolute atomic E-state index is 13.2. The van der Waals surface area contributed by atoms with Gasteiger partial charge >= 0.3 is 0 Å². The summed E-state index contributed by atoms with van der Waals surface area (Å²) < 4.78 is 19.0. The summed E-state index contributed by atoms with van der Waals surface area (Å²) in [5, 5.41) is 0.837. The fourth-order valence-corrected chi connectivity index (χ4v) is 2.06. The standard InChI is InChI=1S/C15H11FO/c1-10-13-9-12(16)7-8-14(13)17-15(10)11-5-3-2-4-6-11/h2-9H,1H3. The van der Waals surface area contributed by atoms with Crippen molar-refractivity contribution in [1.29, 1.82) is 0 Å². The van der Waals surface area contributed by atoms with Gasteiger partial charge in [0.15, 0.2) is 0 Å². The minimum atomic E-state index is -0.235. The molecule has 0 atom stereocenters. The van der Waals surface area contributed by atoms with E-state index in [-0.39, 0.29) is 5.82 Å². The number of aryl methyl sites for hydroxylation is 1. The van der Waals surface area contributed by atoms with Crippen LogP contribution in [-0.4, -0.2) is 0 Å². The summed E-state index contributed by atoms with van der Waals surface area (Å²) >= 11 is 0. The van der Waals surface area contributed by atoms with Gasteiger partial charge in [-0.2, -0.15) is 0 Å². The van der Waals surface area contributed by atoms with E-state index in [0.29, 0.717) is 0 Å². The third kappa shape index (κ3) is 1.62. The molecule has 0 aliphatic heterocycles. The van der Waals surface area contributed by atoms with Gasteiger partial charge in [0.1, 0.15) is 17.2 Å². The van der Waals surface area contributed by atoms with Gasteiger partial charge in [0, 0.05) is 16.5 Å². The molecule has 0 unspecified atom stereocenters. The Hall–Kier alpha value is -2.09. The lowest BCUT2D eigenvalue weighted by Gasteiger charge is -1.96. The van der Waals surface area contributed by atoms with E-state index in [0.717, 1.165) is 27.9 Å². The third-order valence-electron chi connectivity index (χ3n) is 2.93. The number of rotatable bonds is 1. The summed E-state index contributed by atoms with van der Waals surface area (Å²) in [5.41, 5.74) is 2.72. The van der Waals surface area contributed by atoms with Gasteiger partial charge in [-0.05, 0) is 25.1 Å². The molecule has 17 heavy (non-hydrogen) atoms. The number of hydrogen-bond acceptors (Lipinski definition) is 1. The summed E-state index contributed by atoms with van der Waals surface area (Å²) in [6, 6.07) is 14.5. The summed E-state index contributed by atoms with van der Waals surface area (Å²) in [4.78, 5) is 0. The Kier molecular flexibility index (Phi) is 2.22. The van der Waals surface area contributed by atoms with Gasteiger partial charge in [-0.25, -0.2) is 4.39 Å². The van der Waals surface area contributed by atoms with Gasteiger partial charge in [0.05, 0.1) is 0 Å².